The summed E-state index contributed by atoms with van der Waals surface area (Å²) in [6.45, 7) is 6.41. The molecule has 0 amide bonds. The Morgan fingerprint density at radius 1 is 0.636 bits per heavy atom. The van der Waals surface area contributed by atoms with E-state index in [1.54, 1.807) is 12.4 Å². The first kappa shape index (κ1) is 20.8. The van der Waals surface area contributed by atoms with Crippen molar-refractivity contribution >= 4 is 44.6 Å². The number of hydrogen-bond acceptors (Lipinski definition) is 4. The van der Waals surface area contributed by atoms with Crippen molar-refractivity contribution in [1.29, 1.82) is 0 Å². The van der Waals surface area contributed by atoms with Crippen molar-refractivity contribution in [1.82, 2.24) is 9.97 Å². The van der Waals surface area contributed by atoms with Gasteiger partial charge in [0.25, 0.3) is 0 Å². The van der Waals surface area contributed by atoms with Crippen LogP contribution < -0.4 is 10.6 Å². The quantitative estimate of drug-likeness (QED) is 0.304. The molecular formula is C28H25N4O. The lowest BCUT2D eigenvalue weighted by atomic mass is 9.86. The molecule has 2 heterocycles. The van der Waals surface area contributed by atoms with Gasteiger partial charge >= 0.3 is 0 Å². The SMILES string of the molecule is CC(C)(C)c1cc(Nc2cccc3cccnc23)c([O])c(Nc2cccc3cccnc23)c1. The third-order valence-corrected chi connectivity index (χ3v) is 5.76. The highest BCUT2D eigenvalue weighted by Crippen LogP contribution is 2.42. The van der Waals surface area contributed by atoms with Crippen molar-refractivity contribution in [3.63, 3.8) is 0 Å². The first-order valence-electron chi connectivity index (χ1n) is 11.0. The molecule has 0 spiro atoms. The summed E-state index contributed by atoms with van der Waals surface area (Å²) in [5.41, 5.74) is 5.18. The van der Waals surface area contributed by atoms with E-state index in [9.17, 15) is 5.11 Å². The molecule has 0 aliphatic carbocycles. The third-order valence-electron chi connectivity index (χ3n) is 5.76. The molecule has 0 fully saturated rings. The van der Waals surface area contributed by atoms with E-state index in [0.717, 1.165) is 38.7 Å². The maximum Gasteiger partial charge on any atom is 0.225 e. The third kappa shape index (κ3) is 4.05. The lowest BCUT2D eigenvalue weighted by Gasteiger charge is -2.23. The Morgan fingerprint density at radius 3 is 1.55 bits per heavy atom. The molecule has 0 saturated carbocycles. The molecule has 5 heteroatoms. The van der Waals surface area contributed by atoms with Crippen LogP contribution in [-0.2, 0) is 10.5 Å². The van der Waals surface area contributed by atoms with Gasteiger partial charge in [0.2, 0.25) is 5.75 Å². The van der Waals surface area contributed by atoms with E-state index in [0.29, 0.717) is 11.4 Å². The summed E-state index contributed by atoms with van der Waals surface area (Å²) < 4.78 is 0. The first-order chi connectivity index (χ1) is 15.9. The standard InChI is InChI=1S/C28H25N4O/c1-28(2,3)20-16-23(31-21-12-4-8-18-10-6-14-29-25(18)21)27(33)24(17-20)32-22-13-5-9-19-11-7-15-30-26(19)22/h4-17,31-32H,1-3H3. The second-order valence-corrected chi connectivity index (χ2v) is 9.16. The Bertz CT molecular complexity index is 1360. The highest BCUT2D eigenvalue weighted by Gasteiger charge is 2.21. The van der Waals surface area contributed by atoms with E-state index < -0.39 is 0 Å². The maximum atomic E-state index is 13.6. The minimum absolute atomic E-state index is 0.108. The Balaban J connectivity index is 1.62. The lowest BCUT2D eigenvalue weighted by Crippen LogP contribution is -2.12. The minimum atomic E-state index is -0.144. The maximum absolute atomic E-state index is 13.6. The summed E-state index contributed by atoms with van der Waals surface area (Å²) in [5.74, 6) is -0.108. The van der Waals surface area contributed by atoms with Gasteiger partial charge in [-0.05, 0) is 47.4 Å². The van der Waals surface area contributed by atoms with Crippen molar-refractivity contribution < 1.29 is 5.11 Å². The number of anilines is 4. The van der Waals surface area contributed by atoms with Crippen LogP contribution in [0.3, 0.4) is 0 Å². The minimum Gasteiger partial charge on any atom is -0.350 e. The van der Waals surface area contributed by atoms with Gasteiger partial charge in [-0.25, -0.2) is 0 Å². The van der Waals surface area contributed by atoms with Crippen LogP contribution in [0.25, 0.3) is 21.8 Å². The normalized spacial score (nSPS) is 11.6. The zero-order valence-electron chi connectivity index (χ0n) is 18.9. The molecule has 1 radical (unpaired) electrons. The van der Waals surface area contributed by atoms with Gasteiger partial charge in [0.05, 0.1) is 33.8 Å². The number of aromatic nitrogens is 2. The molecule has 0 atom stereocenters. The van der Waals surface area contributed by atoms with Gasteiger partial charge in [-0.15, -0.1) is 0 Å². The fourth-order valence-corrected chi connectivity index (χ4v) is 3.95. The van der Waals surface area contributed by atoms with Crippen molar-refractivity contribution in [3.05, 3.63) is 90.8 Å². The molecule has 2 aromatic heterocycles. The van der Waals surface area contributed by atoms with Gasteiger partial charge in [-0.3, -0.25) is 15.1 Å². The Hall–Kier alpha value is -4.12. The molecule has 0 bridgehead atoms. The monoisotopic (exact) mass is 433 g/mol. The highest BCUT2D eigenvalue weighted by molar-refractivity contribution is 5.95. The highest BCUT2D eigenvalue weighted by atomic mass is 16.3. The van der Waals surface area contributed by atoms with E-state index in [2.05, 4.69) is 41.4 Å². The summed E-state index contributed by atoms with van der Waals surface area (Å²) >= 11 is 0. The molecule has 5 rings (SSSR count). The van der Waals surface area contributed by atoms with Gasteiger partial charge in [0.15, 0.2) is 0 Å². The smallest absolute Gasteiger partial charge is 0.225 e. The Labute approximate surface area is 193 Å². The van der Waals surface area contributed by atoms with Crippen molar-refractivity contribution in [2.24, 2.45) is 0 Å². The van der Waals surface area contributed by atoms with Gasteiger partial charge in [-0.2, -0.15) is 0 Å². The van der Waals surface area contributed by atoms with Crippen molar-refractivity contribution in [3.8, 4) is 5.75 Å². The molecule has 3 aromatic carbocycles. The molecule has 0 aliphatic heterocycles. The summed E-state index contributed by atoms with van der Waals surface area (Å²) in [4.78, 5) is 9.03. The van der Waals surface area contributed by atoms with Crippen molar-refractivity contribution in [2.75, 3.05) is 10.6 Å². The Kier molecular flexibility index (Phi) is 5.09. The molecule has 0 aliphatic rings. The van der Waals surface area contributed by atoms with E-state index in [4.69, 9.17) is 0 Å². The average molecular weight is 434 g/mol. The number of fused-ring (bicyclic) bond motifs is 2. The number of hydrogen-bond donors (Lipinski definition) is 2. The zero-order chi connectivity index (χ0) is 23.0. The molecule has 0 saturated heterocycles. The fraction of sp³-hybridized carbons (Fsp3) is 0.143. The summed E-state index contributed by atoms with van der Waals surface area (Å²) in [7, 11) is 0. The van der Waals surface area contributed by atoms with Crippen LogP contribution in [0, 0.1) is 0 Å². The van der Waals surface area contributed by atoms with Gasteiger partial charge < -0.3 is 10.6 Å². The number of rotatable bonds is 4. The van der Waals surface area contributed by atoms with Crippen molar-refractivity contribution in [2.45, 2.75) is 26.2 Å². The van der Waals surface area contributed by atoms with Crippen LogP contribution in [0.4, 0.5) is 22.7 Å². The number of nitrogens with one attached hydrogen (secondary N) is 2. The molecule has 2 N–H and O–H groups in total. The molecule has 33 heavy (non-hydrogen) atoms. The number of nitrogens with zero attached hydrogens (tertiary/aromatic N) is 2. The second-order valence-electron chi connectivity index (χ2n) is 9.16. The lowest BCUT2D eigenvalue weighted by molar-refractivity contribution is 0.359. The van der Waals surface area contributed by atoms with Crippen LogP contribution in [-0.4, -0.2) is 9.97 Å². The van der Waals surface area contributed by atoms with E-state index >= 15 is 0 Å². The van der Waals surface area contributed by atoms with Gasteiger partial charge in [-0.1, -0.05) is 57.2 Å². The number of pyridine rings is 2. The Morgan fingerprint density at radius 2 is 1.09 bits per heavy atom. The number of para-hydroxylation sites is 2. The van der Waals surface area contributed by atoms with E-state index in [1.807, 2.05) is 72.8 Å². The second kappa shape index (κ2) is 8.10. The fourth-order valence-electron chi connectivity index (χ4n) is 3.95. The predicted molar refractivity (Wildman–Crippen MR) is 135 cm³/mol. The van der Waals surface area contributed by atoms with Crippen LogP contribution >= 0.6 is 0 Å². The van der Waals surface area contributed by atoms with Crippen LogP contribution in [0.15, 0.2) is 85.2 Å². The molecule has 163 valence electrons. The van der Waals surface area contributed by atoms with Gasteiger partial charge in [0, 0.05) is 23.2 Å². The molecule has 5 aromatic rings. The first-order valence-corrected chi connectivity index (χ1v) is 11.0. The van der Waals surface area contributed by atoms with E-state index in [-0.39, 0.29) is 11.2 Å². The predicted octanol–water partition coefficient (Wildman–Crippen LogP) is 7.71. The van der Waals surface area contributed by atoms with Crippen LogP contribution in [0.2, 0.25) is 0 Å². The molecular weight excluding hydrogens is 408 g/mol. The summed E-state index contributed by atoms with van der Waals surface area (Å²) in [5, 5.41) is 22.3. The molecule has 5 nitrogen and oxygen atoms in total. The zero-order valence-corrected chi connectivity index (χ0v) is 18.9. The largest absolute Gasteiger partial charge is 0.350 e. The van der Waals surface area contributed by atoms with Crippen LogP contribution in [0.1, 0.15) is 26.3 Å². The topological polar surface area (TPSA) is 69.7 Å². The summed E-state index contributed by atoms with van der Waals surface area (Å²) in [6.07, 6.45) is 3.52. The molecule has 0 unspecified atom stereocenters. The average Bonchev–Trinajstić information content (AvgIpc) is 2.81. The van der Waals surface area contributed by atoms with Crippen LogP contribution in [0.5, 0.6) is 5.75 Å². The van der Waals surface area contributed by atoms with Gasteiger partial charge in [0.1, 0.15) is 0 Å². The summed E-state index contributed by atoms with van der Waals surface area (Å²) in [6, 6.07) is 23.6. The van der Waals surface area contributed by atoms with E-state index in [1.165, 1.54) is 0 Å². The number of benzene rings is 3.